The number of benzene rings is 1. The Labute approximate surface area is 154 Å². The number of rotatable bonds is 6. The molecule has 3 rings (SSSR count). The third-order valence-corrected chi connectivity index (χ3v) is 5.20. The molecular formula is C19H19F2NO3S. The number of nitrogens with zero attached hydrogens (tertiary/aromatic N) is 1. The number of hydrogen-bond donors (Lipinski definition) is 0. The van der Waals surface area contributed by atoms with Crippen LogP contribution < -0.4 is 9.47 Å². The summed E-state index contributed by atoms with van der Waals surface area (Å²) < 4.78 is 34.2. The van der Waals surface area contributed by atoms with Crippen molar-refractivity contribution in [2.75, 3.05) is 13.7 Å². The number of amides is 1. The van der Waals surface area contributed by atoms with Crippen molar-refractivity contribution in [3.8, 4) is 11.5 Å². The van der Waals surface area contributed by atoms with E-state index in [-0.39, 0.29) is 23.4 Å². The van der Waals surface area contributed by atoms with Gasteiger partial charge in [-0.15, -0.1) is 11.3 Å². The molecule has 1 amide bonds. The fourth-order valence-corrected chi connectivity index (χ4v) is 3.93. The molecular weight excluding hydrogens is 360 g/mol. The molecule has 1 aromatic heterocycles. The average Bonchev–Trinajstić information content (AvgIpc) is 3.31. The van der Waals surface area contributed by atoms with E-state index in [1.54, 1.807) is 29.5 Å². The van der Waals surface area contributed by atoms with Gasteiger partial charge in [0.15, 0.2) is 11.5 Å². The second-order valence-electron chi connectivity index (χ2n) is 5.83. The Bertz CT molecular complexity index is 777. The molecule has 1 aromatic carbocycles. The number of alkyl halides is 2. The first-order valence-electron chi connectivity index (χ1n) is 8.23. The maximum Gasteiger partial charge on any atom is 0.387 e. The Morgan fingerprint density at radius 2 is 2.19 bits per heavy atom. The van der Waals surface area contributed by atoms with Gasteiger partial charge in [-0.1, -0.05) is 12.1 Å². The van der Waals surface area contributed by atoms with Gasteiger partial charge in [0.05, 0.1) is 13.2 Å². The first kappa shape index (κ1) is 18.4. The van der Waals surface area contributed by atoms with Crippen LogP contribution in [0.3, 0.4) is 0 Å². The van der Waals surface area contributed by atoms with Gasteiger partial charge in [0.2, 0.25) is 5.91 Å². The van der Waals surface area contributed by atoms with Crippen LogP contribution in [0.4, 0.5) is 8.78 Å². The van der Waals surface area contributed by atoms with Crippen LogP contribution in [-0.2, 0) is 4.79 Å². The Hall–Kier alpha value is -2.41. The van der Waals surface area contributed by atoms with Crippen molar-refractivity contribution in [2.24, 2.45) is 0 Å². The van der Waals surface area contributed by atoms with Crippen molar-refractivity contribution in [1.82, 2.24) is 4.90 Å². The summed E-state index contributed by atoms with van der Waals surface area (Å²) in [5.74, 6) is 0.0913. The summed E-state index contributed by atoms with van der Waals surface area (Å²) >= 11 is 1.66. The molecule has 0 aliphatic carbocycles. The van der Waals surface area contributed by atoms with Crippen molar-refractivity contribution >= 4 is 23.3 Å². The summed E-state index contributed by atoms with van der Waals surface area (Å²) in [5, 5.41) is 2.02. The number of halogens is 2. The maximum absolute atomic E-state index is 12.6. The van der Waals surface area contributed by atoms with Crippen LogP contribution in [0.1, 0.15) is 29.3 Å². The third-order valence-electron chi connectivity index (χ3n) is 4.23. The van der Waals surface area contributed by atoms with E-state index < -0.39 is 6.61 Å². The van der Waals surface area contributed by atoms with Crippen molar-refractivity contribution < 1.29 is 23.0 Å². The second-order valence-corrected chi connectivity index (χ2v) is 6.81. The largest absolute Gasteiger partial charge is 0.493 e. The summed E-state index contributed by atoms with van der Waals surface area (Å²) in [5.41, 5.74) is 0.670. The van der Waals surface area contributed by atoms with Gasteiger partial charge in [-0.2, -0.15) is 8.78 Å². The van der Waals surface area contributed by atoms with Crippen LogP contribution >= 0.6 is 11.3 Å². The molecule has 0 spiro atoms. The van der Waals surface area contributed by atoms with Crippen LogP contribution in [0.15, 0.2) is 41.8 Å². The highest BCUT2D eigenvalue weighted by molar-refractivity contribution is 7.10. The fourth-order valence-electron chi connectivity index (χ4n) is 3.05. The molecule has 138 valence electrons. The molecule has 1 fully saturated rings. The highest BCUT2D eigenvalue weighted by Gasteiger charge is 2.29. The van der Waals surface area contributed by atoms with E-state index in [2.05, 4.69) is 10.8 Å². The van der Waals surface area contributed by atoms with Crippen molar-refractivity contribution in [2.45, 2.75) is 25.5 Å². The van der Waals surface area contributed by atoms with Gasteiger partial charge < -0.3 is 14.4 Å². The monoisotopic (exact) mass is 379 g/mol. The first-order valence-corrected chi connectivity index (χ1v) is 9.11. The van der Waals surface area contributed by atoms with Crippen LogP contribution in [-0.4, -0.2) is 31.1 Å². The van der Waals surface area contributed by atoms with Gasteiger partial charge in [-0.25, -0.2) is 0 Å². The number of ether oxygens (including phenoxy) is 2. The number of likely N-dealkylation sites (tertiary alicyclic amines) is 1. The minimum Gasteiger partial charge on any atom is -0.493 e. The molecule has 0 saturated carbocycles. The predicted molar refractivity (Wildman–Crippen MR) is 96.7 cm³/mol. The summed E-state index contributed by atoms with van der Waals surface area (Å²) in [6.45, 7) is -2.19. The van der Waals surface area contributed by atoms with Crippen LogP contribution in [0.5, 0.6) is 11.5 Å². The number of hydrogen-bond acceptors (Lipinski definition) is 4. The maximum atomic E-state index is 12.6. The predicted octanol–water partition coefficient (Wildman–Crippen LogP) is 4.74. The van der Waals surface area contributed by atoms with Crippen molar-refractivity contribution in [3.63, 3.8) is 0 Å². The Morgan fingerprint density at radius 3 is 2.88 bits per heavy atom. The lowest BCUT2D eigenvalue weighted by Crippen LogP contribution is -2.28. The van der Waals surface area contributed by atoms with E-state index >= 15 is 0 Å². The Kier molecular flexibility index (Phi) is 5.88. The zero-order valence-corrected chi connectivity index (χ0v) is 15.0. The summed E-state index contributed by atoms with van der Waals surface area (Å²) in [4.78, 5) is 15.6. The lowest BCUT2D eigenvalue weighted by molar-refractivity contribution is -0.126. The zero-order chi connectivity index (χ0) is 18.5. The summed E-state index contributed by atoms with van der Waals surface area (Å²) in [6, 6.07) is 8.74. The normalized spacial score (nSPS) is 17.2. The fraction of sp³-hybridized carbons (Fsp3) is 0.316. The van der Waals surface area contributed by atoms with Gasteiger partial charge in [-0.05, 0) is 48.1 Å². The van der Waals surface area contributed by atoms with Crippen LogP contribution in [0.25, 0.3) is 6.08 Å². The van der Waals surface area contributed by atoms with E-state index in [0.29, 0.717) is 5.56 Å². The molecule has 26 heavy (non-hydrogen) atoms. The molecule has 0 radical (unpaired) electrons. The highest BCUT2D eigenvalue weighted by Crippen LogP contribution is 2.35. The minimum atomic E-state index is -2.92. The lowest BCUT2D eigenvalue weighted by Gasteiger charge is -2.22. The minimum absolute atomic E-state index is 0.0386. The van der Waals surface area contributed by atoms with E-state index in [0.717, 1.165) is 19.4 Å². The summed E-state index contributed by atoms with van der Waals surface area (Å²) in [6.07, 6.45) is 5.11. The summed E-state index contributed by atoms with van der Waals surface area (Å²) in [7, 11) is 1.38. The topological polar surface area (TPSA) is 38.8 Å². The molecule has 7 heteroatoms. The zero-order valence-electron chi connectivity index (χ0n) is 14.2. The molecule has 4 nitrogen and oxygen atoms in total. The lowest BCUT2D eigenvalue weighted by atomic mass is 10.1. The molecule has 2 aromatic rings. The molecule has 1 aliphatic rings. The van der Waals surface area contributed by atoms with Crippen LogP contribution in [0.2, 0.25) is 0 Å². The van der Waals surface area contributed by atoms with Gasteiger partial charge >= 0.3 is 6.61 Å². The van der Waals surface area contributed by atoms with Crippen molar-refractivity contribution in [3.05, 3.63) is 52.2 Å². The van der Waals surface area contributed by atoms with Gasteiger partial charge in [0.25, 0.3) is 0 Å². The molecule has 0 bridgehead atoms. The number of thiophene rings is 1. The molecule has 1 unspecified atom stereocenters. The molecule has 1 saturated heterocycles. The van der Waals surface area contributed by atoms with E-state index in [4.69, 9.17) is 4.74 Å². The van der Waals surface area contributed by atoms with Gasteiger partial charge in [0, 0.05) is 17.5 Å². The van der Waals surface area contributed by atoms with E-state index in [1.807, 2.05) is 16.3 Å². The van der Waals surface area contributed by atoms with Gasteiger partial charge in [0.1, 0.15) is 0 Å². The second kappa shape index (κ2) is 8.31. The smallest absolute Gasteiger partial charge is 0.387 e. The van der Waals surface area contributed by atoms with E-state index in [9.17, 15) is 13.6 Å². The highest BCUT2D eigenvalue weighted by atomic mass is 32.1. The number of carbonyl (C=O) groups excluding carboxylic acids is 1. The standard InChI is InChI=1S/C19H19F2NO3S/c1-24-16-12-13(6-8-15(16)25-19(20)21)7-9-18(23)22-10-2-4-14(22)17-5-3-11-26-17/h3,5-9,11-12,14,19H,2,4,10H2,1H3/b9-7+. The SMILES string of the molecule is COc1cc(/C=C/C(=O)N2CCCC2c2cccs2)ccc1OC(F)F. The quantitative estimate of drug-likeness (QED) is 0.681. The van der Waals surface area contributed by atoms with Gasteiger partial charge in [-0.3, -0.25) is 4.79 Å². The van der Waals surface area contributed by atoms with E-state index in [1.165, 1.54) is 24.1 Å². The Balaban J connectivity index is 1.72. The Morgan fingerprint density at radius 1 is 1.35 bits per heavy atom. The third kappa shape index (κ3) is 4.22. The number of carbonyl (C=O) groups is 1. The van der Waals surface area contributed by atoms with Crippen molar-refractivity contribution in [1.29, 1.82) is 0 Å². The first-order chi connectivity index (χ1) is 12.6. The molecule has 1 aliphatic heterocycles. The molecule has 1 atom stereocenters. The molecule has 0 N–H and O–H groups in total. The molecule has 2 heterocycles. The average molecular weight is 379 g/mol. The number of methoxy groups -OCH3 is 1. The van der Waals surface area contributed by atoms with Crippen LogP contribution in [0, 0.1) is 0 Å².